The molecule has 1 aromatic heterocycles. The number of anilines is 1. The van der Waals surface area contributed by atoms with Gasteiger partial charge in [0.05, 0.1) is 23.9 Å². The van der Waals surface area contributed by atoms with Gasteiger partial charge in [-0.3, -0.25) is 19.6 Å². The Balaban J connectivity index is 2.32. The van der Waals surface area contributed by atoms with Crippen molar-refractivity contribution < 1.29 is 19.2 Å². The van der Waals surface area contributed by atoms with E-state index in [1.54, 1.807) is 0 Å². The van der Waals surface area contributed by atoms with E-state index in [-0.39, 0.29) is 22.0 Å². The van der Waals surface area contributed by atoms with Crippen LogP contribution in [0.1, 0.15) is 20.8 Å². The summed E-state index contributed by atoms with van der Waals surface area (Å²) in [6.45, 7) is 0. The van der Waals surface area contributed by atoms with Crippen LogP contribution in [0.15, 0.2) is 24.4 Å². The second-order valence-electron chi connectivity index (χ2n) is 4.40. The van der Waals surface area contributed by atoms with Crippen LogP contribution >= 0.6 is 11.6 Å². The van der Waals surface area contributed by atoms with Crippen molar-refractivity contribution in [2.45, 2.75) is 0 Å². The first kappa shape index (κ1) is 16.4. The number of aryl methyl sites for hydroxylation is 1. The van der Waals surface area contributed by atoms with Crippen LogP contribution in [0.3, 0.4) is 0 Å². The number of methoxy groups -OCH3 is 1. The molecule has 1 heterocycles. The fraction of sp³-hybridized carbons (Fsp3) is 0.154. The minimum Gasteiger partial charge on any atom is -0.464 e. The molecule has 0 saturated heterocycles. The summed E-state index contributed by atoms with van der Waals surface area (Å²) in [5, 5.41) is 17.1. The number of esters is 1. The molecule has 0 aliphatic rings. The van der Waals surface area contributed by atoms with Crippen LogP contribution in [0.25, 0.3) is 0 Å². The Bertz CT molecular complexity index is 802. The maximum atomic E-state index is 12.2. The van der Waals surface area contributed by atoms with Crippen LogP contribution < -0.4 is 5.32 Å². The van der Waals surface area contributed by atoms with Crippen LogP contribution in [-0.4, -0.2) is 33.7 Å². The average Bonchev–Trinajstić information content (AvgIpc) is 2.87. The Morgan fingerprint density at radius 2 is 2.13 bits per heavy atom. The molecule has 0 fully saturated rings. The van der Waals surface area contributed by atoms with Crippen LogP contribution in [0.2, 0.25) is 5.02 Å². The summed E-state index contributed by atoms with van der Waals surface area (Å²) in [6.07, 6.45) is 1.27. The van der Waals surface area contributed by atoms with Crippen LogP contribution in [0, 0.1) is 10.1 Å². The van der Waals surface area contributed by atoms with Crippen molar-refractivity contribution in [3.05, 3.63) is 50.8 Å². The first-order valence-corrected chi connectivity index (χ1v) is 6.58. The fourth-order valence-corrected chi connectivity index (χ4v) is 2.04. The van der Waals surface area contributed by atoms with Crippen molar-refractivity contribution in [1.82, 2.24) is 9.78 Å². The monoisotopic (exact) mass is 338 g/mol. The van der Waals surface area contributed by atoms with Crippen molar-refractivity contribution in [3.63, 3.8) is 0 Å². The van der Waals surface area contributed by atoms with E-state index < -0.39 is 22.5 Å². The molecule has 120 valence electrons. The summed E-state index contributed by atoms with van der Waals surface area (Å²) in [6, 6.07) is 3.63. The number of nitro benzene ring substituents is 1. The van der Waals surface area contributed by atoms with Crippen LogP contribution in [0.4, 0.5) is 11.4 Å². The maximum absolute atomic E-state index is 12.2. The highest BCUT2D eigenvalue weighted by atomic mass is 35.5. The molecule has 1 amide bonds. The highest BCUT2D eigenvalue weighted by Gasteiger charge is 2.21. The molecule has 1 aromatic carbocycles. The third-order valence-electron chi connectivity index (χ3n) is 2.97. The van der Waals surface area contributed by atoms with Gasteiger partial charge in [0, 0.05) is 18.7 Å². The molecule has 2 aromatic rings. The third kappa shape index (κ3) is 3.29. The summed E-state index contributed by atoms with van der Waals surface area (Å²) in [5.41, 5.74) is -0.203. The summed E-state index contributed by atoms with van der Waals surface area (Å²) in [4.78, 5) is 34.1. The van der Waals surface area contributed by atoms with Gasteiger partial charge < -0.3 is 10.1 Å². The molecule has 0 saturated carbocycles. The lowest BCUT2D eigenvalue weighted by atomic mass is 10.2. The van der Waals surface area contributed by atoms with Crippen molar-refractivity contribution in [1.29, 1.82) is 0 Å². The number of carbonyl (C=O) groups excluding carboxylic acids is 2. The maximum Gasteiger partial charge on any atom is 0.358 e. The van der Waals surface area contributed by atoms with E-state index in [1.807, 2.05) is 0 Å². The predicted molar refractivity (Wildman–Crippen MR) is 80.6 cm³/mol. The smallest absolute Gasteiger partial charge is 0.358 e. The van der Waals surface area contributed by atoms with Crippen molar-refractivity contribution in [3.8, 4) is 0 Å². The Kier molecular flexibility index (Phi) is 4.60. The number of benzene rings is 1. The summed E-state index contributed by atoms with van der Waals surface area (Å²) in [5.74, 6) is -1.33. The lowest BCUT2D eigenvalue weighted by molar-refractivity contribution is -0.384. The van der Waals surface area contributed by atoms with Crippen molar-refractivity contribution >= 4 is 34.9 Å². The molecule has 9 nitrogen and oxygen atoms in total. The molecule has 1 N–H and O–H groups in total. The lowest BCUT2D eigenvalue weighted by Gasteiger charge is -2.06. The molecule has 2 rings (SSSR count). The number of hydrogen-bond acceptors (Lipinski definition) is 6. The van der Waals surface area contributed by atoms with E-state index in [2.05, 4.69) is 15.2 Å². The van der Waals surface area contributed by atoms with Crippen LogP contribution in [0.5, 0.6) is 0 Å². The number of hydrogen-bond donors (Lipinski definition) is 1. The zero-order valence-electron chi connectivity index (χ0n) is 12.1. The number of aromatic nitrogens is 2. The minimum atomic E-state index is -0.691. The van der Waals surface area contributed by atoms with E-state index in [4.69, 9.17) is 11.6 Å². The molecule has 10 heteroatoms. The van der Waals surface area contributed by atoms with Gasteiger partial charge >= 0.3 is 5.97 Å². The molecule has 23 heavy (non-hydrogen) atoms. The molecule has 0 aliphatic heterocycles. The molecule has 0 radical (unpaired) electrons. The quantitative estimate of drug-likeness (QED) is 0.518. The second-order valence-corrected chi connectivity index (χ2v) is 4.81. The van der Waals surface area contributed by atoms with Gasteiger partial charge in [0.1, 0.15) is 5.02 Å². The molecule has 0 atom stereocenters. The second kappa shape index (κ2) is 6.44. The van der Waals surface area contributed by atoms with Crippen molar-refractivity contribution in [2.75, 3.05) is 12.4 Å². The molecular formula is C13H11ClN4O5. The van der Waals surface area contributed by atoms with Gasteiger partial charge in [-0.05, 0) is 12.1 Å². The molecule has 0 aliphatic carbocycles. The minimum absolute atomic E-state index is 0.0146. The predicted octanol–water partition coefficient (Wildman–Crippen LogP) is 2.02. The van der Waals surface area contributed by atoms with Gasteiger partial charge in [0.2, 0.25) is 0 Å². The highest BCUT2D eigenvalue weighted by Crippen LogP contribution is 2.25. The Hall–Kier alpha value is -2.94. The number of rotatable bonds is 4. The number of amides is 1. The molecule has 0 unspecified atom stereocenters. The van der Waals surface area contributed by atoms with E-state index in [0.717, 1.165) is 6.07 Å². The molecule has 0 bridgehead atoms. The zero-order valence-corrected chi connectivity index (χ0v) is 12.8. The van der Waals surface area contributed by atoms with E-state index in [9.17, 15) is 19.7 Å². The molecular weight excluding hydrogens is 328 g/mol. The van der Waals surface area contributed by atoms with Gasteiger partial charge in [-0.1, -0.05) is 11.6 Å². The van der Waals surface area contributed by atoms with E-state index in [0.29, 0.717) is 0 Å². The largest absolute Gasteiger partial charge is 0.464 e. The summed E-state index contributed by atoms with van der Waals surface area (Å²) < 4.78 is 5.85. The number of nitrogens with one attached hydrogen (secondary N) is 1. The Labute approximate surface area is 134 Å². The van der Waals surface area contributed by atoms with Crippen LogP contribution in [-0.2, 0) is 11.8 Å². The number of halogens is 1. The van der Waals surface area contributed by atoms with Crippen molar-refractivity contribution in [2.24, 2.45) is 7.05 Å². The first-order valence-electron chi connectivity index (χ1n) is 6.20. The Morgan fingerprint density at radius 1 is 1.43 bits per heavy atom. The summed E-state index contributed by atoms with van der Waals surface area (Å²) >= 11 is 5.70. The summed E-state index contributed by atoms with van der Waals surface area (Å²) in [7, 11) is 2.71. The van der Waals surface area contributed by atoms with E-state index >= 15 is 0 Å². The number of nitrogens with zero attached hydrogens (tertiary/aromatic N) is 3. The van der Waals surface area contributed by atoms with E-state index in [1.165, 1.54) is 37.2 Å². The Morgan fingerprint density at radius 3 is 2.74 bits per heavy atom. The third-order valence-corrected chi connectivity index (χ3v) is 3.29. The average molecular weight is 339 g/mol. The van der Waals surface area contributed by atoms with Gasteiger partial charge in [-0.2, -0.15) is 5.10 Å². The first-order chi connectivity index (χ1) is 10.8. The normalized spacial score (nSPS) is 10.2. The molecule has 0 spiro atoms. The zero-order chi connectivity index (χ0) is 17.1. The SMILES string of the molecule is COC(=O)c1c(NC(=O)c2ccc(Cl)c([N+](=O)[O-])c2)cnn1C. The number of carbonyl (C=O) groups is 2. The lowest BCUT2D eigenvalue weighted by Crippen LogP contribution is -2.16. The van der Waals surface area contributed by atoms with Gasteiger partial charge in [-0.15, -0.1) is 0 Å². The van der Waals surface area contributed by atoms with Gasteiger partial charge in [0.25, 0.3) is 11.6 Å². The number of ether oxygens (including phenoxy) is 1. The fourth-order valence-electron chi connectivity index (χ4n) is 1.86. The van der Waals surface area contributed by atoms with Gasteiger partial charge in [0.15, 0.2) is 5.69 Å². The van der Waals surface area contributed by atoms with Gasteiger partial charge in [-0.25, -0.2) is 4.79 Å². The standard InChI is InChI=1S/C13H11ClN4O5/c1-17-11(13(20)23-2)9(6-15-17)16-12(19)7-3-4-8(14)10(5-7)18(21)22/h3-6H,1-2H3,(H,16,19). The number of nitro groups is 1. The topological polar surface area (TPSA) is 116 Å². The highest BCUT2D eigenvalue weighted by molar-refractivity contribution is 6.32.